The molecule has 0 spiro atoms. The molecule has 0 aromatic carbocycles. The van der Waals surface area contributed by atoms with Crippen molar-refractivity contribution >= 4 is 0 Å². The monoisotopic (exact) mass is 207 g/mol. The number of hydrogen-bond acceptors (Lipinski definition) is 2. The number of aromatic nitrogens is 2. The third kappa shape index (κ3) is 1.81. The topological polar surface area (TPSA) is 29.9 Å². The maximum absolute atomic E-state index is 4.56. The van der Waals surface area contributed by atoms with E-state index in [1.807, 2.05) is 0 Å². The van der Waals surface area contributed by atoms with Crippen molar-refractivity contribution in [3.05, 3.63) is 17.0 Å². The van der Waals surface area contributed by atoms with Gasteiger partial charge in [0.2, 0.25) is 0 Å². The summed E-state index contributed by atoms with van der Waals surface area (Å²) in [4.78, 5) is 0. The zero-order valence-corrected chi connectivity index (χ0v) is 10.2. The molecular formula is C12H21N3. The van der Waals surface area contributed by atoms with Gasteiger partial charge in [0.15, 0.2) is 0 Å². The molecule has 1 aliphatic rings. The van der Waals surface area contributed by atoms with E-state index in [0.29, 0.717) is 5.54 Å². The smallest absolute Gasteiger partial charge is 0.0629 e. The lowest BCUT2D eigenvalue weighted by atomic mass is 10.0. The van der Waals surface area contributed by atoms with Crippen LogP contribution in [0.25, 0.3) is 0 Å². The molecule has 84 valence electrons. The fraction of sp³-hybridized carbons (Fsp3) is 0.750. The van der Waals surface area contributed by atoms with Crippen molar-refractivity contribution in [3.8, 4) is 0 Å². The van der Waals surface area contributed by atoms with E-state index in [4.69, 9.17) is 0 Å². The summed E-state index contributed by atoms with van der Waals surface area (Å²) in [5.41, 5.74) is 4.38. The first-order chi connectivity index (χ1) is 7.12. The van der Waals surface area contributed by atoms with Gasteiger partial charge in [0.05, 0.1) is 5.69 Å². The number of nitrogens with zero attached hydrogens (tertiary/aromatic N) is 2. The van der Waals surface area contributed by atoms with Gasteiger partial charge in [-0.25, -0.2) is 0 Å². The normalized spacial score (nSPS) is 18.1. The first-order valence-electron chi connectivity index (χ1n) is 5.83. The van der Waals surface area contributed by atoms with E-state index in [2.05, 4.69) is 42.9 Å². The Bertz CT molecular complexity index is 361. The summed E-state index contributed by atoms with van der Waals surface area (Å²) in [7, 11) is 2.07. The molecule has 1 N–H and O–H groups in total. The molecule has 0 amide bonds. The van der Waals surface area contributed by atoms with Crippen molar-refractivity contribution in [1.29, 1.82) is 0 Å². The fourth-order valence-electron chi connectivity index (χ4n) is 2.30. The number of hydrogen-bond donors (Lipinski definition) is 1. The maximum atomic E-state index is 4.56. The van der Waals surface area contributed by atoms with Crippen LogP contribution in [0.2, 0.25) is 0 Å². The van der Waals surface area contributed by atoms with E-state index < -0.39 is 0 Å². The Labute approximate surface area is 91.9 Å². The molecule has 0 atom stereocenters. The molecule has 1 saturated carbocycles. The highest BCUT2D eigenvalue weighted by atomic mass is 15.3. The third-order valence-electron chi connectivity index (χ3n) is 3.73. The summed E-state index contributed by atoms with van der Waals surface area (Å²) in [5.74, 6) is 0. The fourth-order valence-corrected chi connectivity index (χ4v) is 2.30. The van der Waals surface area contributed by atoms with Gasteiger partial charge in [0, 0.05) is 17.8 Å². The molecule has 3 heteroatoms. The lowest BCUT2D eigenvalue weighted by Crippen LogP contribution is -2.30. The second kappa shape index (κ2) is 3.63. The van der Waals surface area contributed by atoms with Gasteiger partial charge in [0.25, 0.3) is 0 Å². The molecule has 1 heterocycles. The predicted molar refractivity (Wildman–Crippen MR) is 62.1 cm³/mol. The second-order valence-electron chi connectivity index (χ2n) is 4.67. The Balaban J connectivity index is 2.24. The molecule has 0 bridgehead atoms. The number of likely N-dealkylation sites (N-methyl/N-ethyl adjacent to an activating group) is 1. The van der Waals surface area contributed by atoms with Crippen molar-refractivity contribution in [2.75, 3.05) is 7.05 Å². The Hall–Kier alpha value is -0.830. The Morgan fingerprint density at radius 3 is 2.47 bits per heavy atom. The van der Waals surface area contributed by atoms with Crippen LogP contribution in [0.15, 0.2) is 0 Å². The van der Waals surface area contributed by atoms with Crippen molar-refractivity contribution in [2.45, 2.75) is 52.1 Å². The van der Waals surface area contributed by atoms with Gasteiger partial charge in [-0.1, -0.05) is 0 Å². The van der Waals surface area contributed by atoms with E-state index in [9.17, 15) is 0 Å². The quantitative estimate of drug-likeness (QED) is 0.816. The van der Waals surface area contributed by atoms with E-state index in [0.717, 1.165) is 13.0 Å². The van der Waals surface area contributed by atoms with Crippen LogP contribution < -0.4 is 5.32 Å². The van der Waals surface area contributed by atoms with Gasteiger partial charge in [-0.05, 0) is 52.6 Å². The highest BCUT2D eigenvalue weighted by molar-refractivity contribution is 5.29. The van der Waals surface area contributed by atoms with Crippen LogP contribution in [0.5, 0.6) is 0 Å². The zero-order chi connectivity index (χ0) is 11.1. The molecule has 1 aliphatic carbocycles. The molecule has 0 saturated heterocycles. The van der Waals surface area contributed by atoms with Crippen molar-refractivity contribution in [3.63, 3.8) is 0 Å². The van der Waals surface area contributed by atoms with Gasteiger partial charge in [-0.2, -0.15) is 5.10 Å². The average Bonchev–Trinajstić information content (AvgIpc) is 2.96. The summed E-state index contributed by atoms with van der Waals surface area (Å²) in [6.07, 6.45) is 3.75. The van der Waals surface area contributed by atoms with Crippen LogP contribution in [-0.4, -0.2) is 22.4 Å². The molecule has 1 aromatic heterocycles. The SMILES string of the molecule is CCn1nc(C)c(CC2(NC)CC2)c1C. The molecular weight excluding hydrogens is 186 g/mol. The van der Waals surface area contributed by atoms with Crippen LogP contribution in [0.4, 0.5) is 0 Å². The van der Waals surface area contributed by atoms with Crippen LogP contribution in [-0.2, 0) is 13.0 Å². The number of nitrogens with one attached hydrogen (secondary N) is 1. The standard InChI is InChI=1S/C12H21N3/c1-5-15-10(3)11(9(2)14-15)8-12(13-4)6-7-12/h13H,5-8H2,1-4H3. The molecule has 0 aliphatic heterocycles. The van der Waals surface area contributed by atoms with Crippen LogP contribution >= 0.6 is 0 Å². The molecule has 0 radical (unpaired) electrons. The number of aryl methyl sites for hydroxylation is 2. The highest BCUT2D eigenvalue weighted by Crippen LogP contribution is 2.39. The Morgan fingerprint density at radius 1 is 1.40 bits per heavy atom. The van der Waals surface area contributed by atoms with Crippen LogP contribution in [0.3, 0.4) is 0 Å². The first-order valence-corrected chi connectivity index (χ1v) is 5.83. The first kappa shape index (κ1) is 10.7. The number of rotatable bonds is 4. The van der Waals surface area contributed by atoms with E-state index >= 15 is 0 Å². The average molecular weight is 207 g/mol. The van der Waals surface area contributed by atoms with E-state index in [1.54, 1.807) is 0 Å². The minimum atomic E-state index is 0.386. The van der Waals surface area contributed by atoms with Gasteiger partial charge in [-0.15, -0.1) is 0 Å². The van der Waals surface area contributed by atoms with Crippen molar-refractivity contribution in [1.82, 2.24) is 15.1 Å². The van der Waals surface area contributed by atoms with E-state index in [-0.39, 0.29) is 0 Å². The van der Waals surface area contributed by atoms with Crippen molar-refractivity contribution in [2.24, 2.45) is 0 Å². The summed E-state index contributed by atoms with van der Waals surface area (Å²) in [5, 5.41) is 8.01. The highest BCUT2D eigenvalue weighted by Gasteiger charge is 2.41. The van der Waals surface area contributed by atoms with Crippen LogP contribution in [0, 0.1) is 13.8 Å². The molecule has 0 unspecified atom stereocenters. The van der Waals surface area contributed by atoms with E-state index in [1.165, 1.54) is 29.8 Å². The molecule has 15 heavy (non-hydrogen) atoms. The second-order valence-corrected chi connectivity index (χ2v) is 4.67. The van der Waals surface area contributed by atoms with Crippen molar-refractivity contribution < 1.29 is 0 Å². The molecule has 1 fully saturated rings. The predicted octanol–water partition coefficient (Wildman–Crippen LogP) is 1.81. The van der Waals surface area contributed by atoms with Crippen LogP contribution in [0.1, 0.15) is 36.7 Å². The largest absolute Gasteiger partial charge is 0.314 e. The molecule has 1 aromatic rings. The Kier molecular flexibility index (Phi) is 2.59. The lowest BCUT2D eigenvalue weighted by Gasteiger charge is -2.14. The van der Waals surface area contributed by atoms with Gasteiger partial charge >= 0.3 is 0 Å². The minimum Gasteiger partial charge on any atom is -0.314 e. The maximum Gasteiger partial charge on any atom is 0.0629 e. The molecule has 3 nitrogen and oxygen atoms in total. The zero-order valence-electron chi connectivity index (χ0n) is 10.2. The Morgan fingerprint density at radius 2 is 2.07 bits per heavy atom. The summed E-state index contributed by atoms with van der Waals surface area (Å²) >= 11 is 0. The van der Waals surface area contributed by atoms with Gasteiger partial charge < -0.3 is 5.32 Å². The summed E-state index contributed by atoms with van der Waals surface area (Å²) in [6, 6.07) is 0. The van der Waals surface area contributed by atoms with Gasteiger partial charge in [0.1, 0.15) is 0 Å². The molecule has 2 rings (SSSR count). The summed E-state index contributed by atoms with van der Waals surface area (Å²) < 4.78 is 2.11. The summed E-state index contributed by atoms with van der Waals surface area (Å²) in [6.45, 7) is 7.43. The third-order valence-corrected chi connectivity index (χ3v) is 3.73. The minimum absolute atomic E-state index is 0.386. The lowest BCUT2D eigenvalue weighted by molar-refractivity contribution is 0.545. The van der Waals surface area contributed by atoms with Gasteiger partial charge in [-0.3, -0.25) is 4.68 Å².